The second kappa shape index (κ2) is 7.33. The third kappa shape index (κ3) is 4.24. The van der Waals surface area contributed by atoms with Gasteiger partial charge in [0.25, 0.3) is 0 Å². The smallest absolute Gasteiger partial charge is 0.396 e. The van der Waals surface area contributed by atoms with Crippen LogP contribution < -0.4 is 5.73 Å². The normalized spacial score (nSPS) is 13.3. The Morgan fingerprint density at radius 3 is 2.70 bits per heavy atom. The zero-order valence-electron chi connectivity index (χ0n) is 12.4. The number of rotatable bonds is 6. The Morgan fingerprint density at radius 2 is 2.09 bits per heavy atom. The van der Waals surface area contributed by atoms with E-state index in [0.717, 1.165) is 12.1 Å². The minimum absolute atomic E-state index is 0.0223. The molecule has 0 unspecified atom stereocenters. The zero-order valence-corrected chi connectivity index (χ0v) is 13.2. The molecule has 1 atom stereocenters. The summed E-state index contributed by atoms with van der Waals surface area (Å²) < 4.78 is 40.2. The molecule has 0 saturated carbocycles. The number of aliphatic hydroxyl groups is 1. The predicted molar refractivity (Wildman–Crippen MR) is 81.2 cm³/mol. The number of nitrogens with two attached hydrogens (primary N) is 1. The summed E-state index contributed by atoms with van der Waals surface area (Å²) in [6.07, 6.45) is -4.42. The number of hydrogen-bond donors (Lipinski definition) is 2. The highest BCUT2D eigenvalue weighted by Crippen LogP contribution is 2.31. The third-order valence-corrected chi connectivity index (χ3v) is 4.38. The van der Waals surface area contributed by atoms with Gasteiger partial charge in [0, 0.05) is 12.4 Å². The molecule has 0 aliphatic heterocycles. The van der Waals surface area contributed by atoms with Gasteiger partial charge in [0.2, 0.25) is 0 Å². The van der Waals surface area contributed by atoms with Gasteiger partial charge in [-0.25, -0.2) is 0 Å². The molecule has 1 aromatic carbocycles. The van der Waals surface area contributed by atoms with Gasteiger partial charge in [0.15, 0.2) is 11.0 Å². The van der Waals surface area contributed by atoms with Gasteiger partial charge < -0.3 is 10.8 Å². The van der Waals surface area contributed by atoms with Crippen molar-refractivity contribution in [1.82, 2.24) is 14.8 Å². The van der Waals surface area contributed by atoms with E-state index in [0.29, 0.717) is 22.4 Å². The van der Waals surface area contributed by atoms with Crippen molar-refractivity contribution in [3.63, 3.8) is 0 Å². The number of alkyl halides is 3. The molecular weight excluding hydrogens is 329 g/mol. The quantitative estimate of drug-likeness (QED) is 0.786. The first kappa shape index (κ1) is 17.8. The van der Waals surface area contributed by atoms with Crippen molar-refractivity contribution in [2.24, 2.45) is 11.7 Å². The molecule has 0 aliphatic carbocycles. The van der Waals surface area contributed by atoms with Crippen LogP contribution in [0.15, 0.2) is 29.4 Å². The van der Waals surface area contributed by atoms with Gasteiger partial charge >= 0.3 is 6.18 Å². The molecule has 0 amide bonds. The second-order valence-corrected chi connectivity index (χ2v) is 6.07. The molecule has 1 heterocycles. The number of aliphatic hydroxyl groups excluding tert-OH is 1. The zero-order chi connectivity index (χ0) is 17.0. The summed E-state index contributed by atoms with van der Waals surface area (Å²) in [4.78, 5) is 0. The average Bonchev–Trinajstić information content (AvgIpc) is 2.94. The van der Waals surface area contributed by atoms with E-state index in [2.05, 4.69) is 10.2 Å². The molecule has 1 aromatic heterocycles. The van der Waals surface area contributed by atoms with Crippen molar-refractivity contribution < 1.29 is 18.3 Å². The van der Waals surface area contributed by atoms with Crippen molar-refractivity contribution in [3.05, 3.63) is 35.7 Å². The lowest BCUT2D eigenvalue weighted by Crippen LogP contribution is -2.11. The van der Waals surface area contributed by atoms with Crippen LogP contribution in [0.4, 0.5) is 13.2 Å². The largest absolute Gasteiger partial charge is 0.416 e. The lowest BCUT2D eigenvalue weighted by molar-refractivity contribution is -0.137. The molecule has 5 nitrogen and oxygen atoms in total. The summed E-state index contributed by atoms with van der Waals surface area (Å²) >= 11 is 1.32. The monoisotopic (exact) mass is 346 g/mol. The van der Waals surface area contributed by atoms with Crippen LogP contribution in [0.3, 0.4) is 0 Å². The van der Waals surface area contributed by atoms with Crippen LogP contribution in [0.5, 0.6) is 0 Å². The molecule has 2 rings (SSSR count). The average molecular weight is 346 g/mol. The molecule has 0 radical (unpaired) electrons. The molecule has 2 aromatic rings. The molecule has 0 spiro atoms. The standard InChI is InChI=1S/C14H17F3N4OS/c1-9(7-22)8-23-13-20-19-12(6-18)21(13)11-4-2-3-10(5-11)14(15,16)17/h2-5,9,22H,6-8,18H2,1H3/t9-/m1/s1. The van der Waals surface area contributed by atoms with Gasteiger partial charge in [-0.05, 0) is 24.1 Å². The van der Waals surface area contributed by atoms with E-state index in [9.17, 15) is 13.2 Å². The summed E-state index contributed by atoms with van der Waals surface area (Å²) in [6, 6.07) is 4.94. The Hall–Kier alpha value is -1.58. The Morgan fingerprint density at radius 1 is 1.35 bits per heavy atom. The van der Waals surface area contributed by atoms with Crippen LogP contribution in [-0.4, -0.2) is 32.2 Å². The fourth-order valence-electron chi connectivity index (χ4n) is 1.88. The number of aromatic nitrogens is 3. The highest BCUT2D eigenvalue weighted by atomic mass is 32.2. The lowest BCUT2D eigenvalue weighted by Gasteiger charge is -2.13. The third-order valence-electron chi connectivity index (χ3n) is 3.12. The van der Waals surface area contributed by atoms with E-state index in [1.54, 1.807) is 6.07 Å². The molecule has 0 fully saturated rings. The van der Waals surface area contributed by atoms with Crippen LogP contribution in [0.1, 0.15) is 18.3 Å². The van der Waals surface area contributed by atoms with Crippen LogP contribution in [-0.2, 0) is 12.7 Å². The Kier molecular flexibility index (Phi) is 5.66. The number of halogens is 3. The number of nitrogens with zero attached hydrogens (tertiary/aromatic N) is 3. The minimum atomic E-state index is -4.42. The van der Waals surface area contributed by atoms with Crippen molar-refractivity contribution in [1.29, 1.82) is 0 Å². The van der Waals surface area contributed by atoms with Crippen LogP contribution in [0.2, 0.25) is 0 Å². The summed E-state index contributed by atoms with van der Waals surface area (Å²) in [6.45, 7) is 1.94. The highest BCUT2D eigenvalue weighted by molar-refractivity contribution is 7.99. The van der Waals surface area contributed by atoms with Gasteiger partial charge in [-0.2, -0.15) is 13.2 Å². The molecule has 9 heteroatoms. The van der Waals surface area contributed by atoms with E-state index in [1.165, 1.54) is 22.4 Å². The van der Waals surface area contributed by atoms with Crippen molar-refractivity contribution >= 4 is 11.8 Å². The predicted octanol–water partition coefficient (Wildman–Crippen LogP) is 2.47. The molecule has 3 N–H and O–H groups in total. The first-order valence-corrected chi connectivity index (χ1v) is 7.91. The maximum Gasteiger partial charge on any atom is 0.416 e. The minimum Gasteiger partial charge on any atom is -0.396 e. The number of benzene rings is 1. The van der Waals surface area contributed by atoms with E-state index in [-0.39, 0.29) is 19.1 Å². The Balaban J connectivity index is 2.39. The van der Waals surface area contributed by atoms with Gasteiger partial charge in [-0.1, -0.05) is 24.8 Å². The van der Waals surface area contributed by atoms with E-state index in [4.69, 9.17) is 10.8 Å². The van der Waals surface area contributed by atoms with Crippen molar-refractivity contribution in [2.75, 3.05) is 12.4 Å². The van der Waals surface area contributed by atoms with Crippen LogP contribution >= 0.6 is 11.8 Å². The fraction of sp³-hybridized carbons (Fsp3) is 0.429. The van der Waals surface area contributed by atoms with Crippen molar-refractivity contribution in [3.8, 4) is 5.69 Å². The van der Waals surface area contributed by atoms with Crippen LogP contribution in [0, 0.1) is 5.92 Å². The number of hydrogen-bond acceptors (Lipinski definition) is 5. The molecular formula is C14H17F3N4OS. The summed E-state index contributed by atoms with van der Waals surface area (Å²) in [5, 5.41) is 17.4. The molecule has 0 bridgehead atoms. The number of thioether (sulfide) groups is 1. The molecule has 0 saturated heterocycles. The van der Waals surface area contributed by atoms with Gasteiger partial charge in [-0.3, -0.25) is 4.57 Å². The van der Waals surface area contributed by atoms with E-state index < -0.39 is 11.7 Å². The molecule has 126 valence electrons. The highest BCUT2D eigenvalue weighted by Gasteiger charge is 2.31. The lowest BCUT2D eigenvalue weighted by atomic mass is 10.2. The Labute approximate surface area is 135 Å². The van der Waals surface area contributed by atoms with Gasteiger partial charge in [0.1, 0.15) is 0 Å². The molecule has 0 aliphatic rings. The fourth-order valence-corrected chi connectivity index (χ4v) is 2.85. The van der Waals surface area contributed by atoms with Crippen molar-refractivity contribution in [2.45, 2.75) is 24.8 Å². The molecule has 23 heavy (non-hydrogen) atoms. The van der Waals surface area contributed by atoms with Crippen LogP contribution in [0.25, 0.3) is 5.69 Å². The van der Waals surface area contributed by atoms with Gasteiger partial charge in [-0.15, -0.1) is 10.2 Å². The summed E-state index contributed by atoms with van der Waals surface area (Å²) in [5.74, 6) is 0.981. The van der Waals surface area contributed by atoms with Gasteiger partial charge in [0.05, 0.1) is 17.8 Å². The van der Waals surface area contributed by atoms with E-state index >= 15 is 0 Å². The Bertz CT molecular complexity index is 660. The topological polar surface area (TPSA) is 77.0 Å². The van der Waals surface area contributed by atoms with E-state index in [1.807, 2.05) is 6.92 Å². The SMILES string of the molecule is C[C@H](CO)CSc1nnc(CN)n1-c1cccc(C(F)(F)F)c1. The first-order chi connectivity index (χ1) is 10.9. The first-order valence-electron chi connectivity index (χ1n) is 6.92. The summed E-state index contributed by atoms with van der Waals surface area (Å²) in [5.41, 5.74) is 5.18. The summed E-state index contributed by atoms with van der Waals surface area (Å²) in [7, 11) is 0. The second-order valence-electron chi connectivity index (χ2n) is 5.09. The maximum atomic E-state index is 12.9. The maximum absolute atomic E-state index is 12.9.